The average Bonchev–Trinajstić information content (AvgIpc) is 3.58. The molecule has 0 aliphatic carbocycles. The highest BCUT2D eigenvalue weighted by Crippen LogP contribution is 2.37. The van der Waals surface area contributed by atoms with Crippen molar-refractivity contribution < 1.29 is 19.1 Å². The maximum absolute atomic E-state index is 13.2. The van der Waals surface area contributed by atoms with Gasteiger partial charge in [0.05, 0.1) is 35.2 Å². The molecule has 322 valence electrons. The van der Waals surface area contributed by atoms with Gasteiger partial charge in [-0.25, -0.2) is 9.97 Å². The van der Waals surface area contributed by atoms with Gasteiger partial charge in [0.25, 0.3) is 11.5 Å². The molecule has 0 radical (unpaired) electrons. The van der Waals surface area contributed by atoms with Crippen LogP contribution in [0.4, 0.5) is 23.1 Å². The number of imide groups is 1. The SMILES string of the molecule is CNC(=O)COc1cc2cc(Nc3nc(N4CCN(C(C)(C)C5CCN(c6ccc7c(C8CCC(=O)NC8=O)nn(C)c7c6)CC5)CC4)ncc3Cl)cnc2n(C(C)C)c1=O. The number of likely N-dealkylation sites (N-methyl/N-ethyl adjacent to an activating group) is 1. The van der Waals surface area contributed by atoms with Gasteiger partial charge < -0.3 is 25.2 Å². The van der Waals surface area contributed by atoms with Crippen LogP contribution in [0.15, 0.2) is 47.5 Å². The second kappa shape index (κ2) is 16.9. The van der Waals surface area contributed by atoms with E-state index in [-0.39, 0.29) is 47.2 Å². The molecule has 7 heterocycles. The zero-order valence-electron chi connectivity index (χ0n) is 35.5. The van der Waals surface area contributed by atoms with E-state index >= 15 is 0 Å². The van der Waals surface area contributed by atoms with Gasteiger partial charge in [-0.2, -0.15) is 10.1 Å². The Morgan fingerprint density at radius 3 is 2.44 bits per heavy atom. The van der Waals surface area contributed by atoms with Gasteiger partial charge in [-0.1, -0.05) is 11.6 Å². The largest absolute Gasteiger partial charge is 0.478 e. The number of rotatable bonds is 11. The molecule has 1 atom stereocenters. The number of hydrogen-bond donors (Lipinski definition) is 3. The quantitative estimate of drug-likeness (QED) is 0.158. The molecular weight excluding hydrogens is 800 g/mol. The molecule has 1 aromatic carbocycles. The van der Waals surface area contributed by atoms with Crippen LogP contribution in [0.2, 0.25) is 5.02 Å². The fourth-order valence-corrected chi connectivity index (χ4v) is 9.21. The van der Waals surface area contributed by atoms with Gasteiger partial charge in [0.2, 0.25) is 17.8 Å². The van der Waals surface area contributed by atoms with Crippen LogP contribution in [0.1, 0.15) is 71.0 Å². The lowest BCUT2D eigenvalue weighted by molar-refractivity contribution is -0.134. The summed E-state index contributed by atoms with van der Waals surface area (Å²) in [4.78, 5) is 70.7. The van der Waals surface area contributed by atoms with Crippen LogP contribution in [0.5, 0.6) is 5.75 Å². The number of nitrogens with zero attached hydrogens (tertiary/aromatic N) is 9. The highest BCUT2D eigenvalue weighted by Gasteiger charge is 2.39. The molecule has 61 heavy (non-hydrogen) atoms. The van der Waals surface area contributed by atoms with Gasteiger partial charge in [-0.15, -0.1) is 0 Å². The van der Waals surface area contributed by atoms with E-state index in [1.165, 1.54) is 7.05 Å². The topological polar surface area (TPSA) is 185 Å². The molecule has 3 aliphatic rings. The third-order valence-corrected chi connectivity index (χ3v) is 12.9. The summed E-state index contributed by atoms with van der Waals surface area (Å²) in [5, 5.41) is 15.0. The Kier molecular flexibility index (Phi) is 11.6. The molecular formula is C43H53ClN12O5. The zero-order valence-corrected chi connectivity index (χ0v) is 36.3. The standard InChI is InChI=1S/C43H53ClN12O5/c1-25(2)56-39-26(20-34(41(56)60)61-24-36(58)45-5)19-28(22-46-39)48-38-32(44)23-47-42(50-38)54-15-17-55(18-16-54)43(3,4)27-11-13-53(14-12-27)29-7-8-30-33(21-29)52(6)51-37(30)31-9-10-35(57)49-40(31)59/h7-8,19-23,25,27,31H,9-18,24H2,1-6H3,(H,45,58)(H,47,48,50)(H,49,57,59). The lowest BCUT2D eigenvalue weighted by Crippen LogP contribution is -2.59. The van der Waals surface area contributed by atoms with Gasteiger partial charge in [-0.05, 0) is 83.2 Å². The summed E-state index contributed by atoms with van der Waals surface area (Å²) in [5.74, 6) is 0.334. The van der Waals surface area contributed by atoms with Crippen LogP contribution < -0.4 is 36.0 Å². The summed E-state index contributed by atoms with van der Waals surface area (Å²) in [6.45, 7) is 13.4. The summed E-state index contributed by atoms with van der Waals surface area (Å²) >= 11 is 6.62. The van der Waals surface area contributed by atoms with E-state index in [0.29, 0.717) is 52.3 Å². The Balaban J connectivity index is 0.894. The van der Waals surface area contributed by atoms with Crippen molar-refractivity contribution in [2.24, 2.45) is 13.0 Å². The Morgan fingerprint density at radius 2 is 1.74 bits per heavy atom. The summed E-state index contributed by atoms with van der Waals surface area (Å²) in [5.41, 5.74) is 3.60. The number of carbonyl (C=O) groups excluding carboxylic acids is 3. The number of hydrogen-bond acceptors (Lipinski definition) is 13. The van der Waals surface area contributed by atoms with E-state index in [4.69, 9.17) is 26.4 Å². The molecule has 3 saturated heterocycles. The number of aryl methyl sites for hydroxylation is 1. The number of carbonyl (C=O) groups is 3. The van der Waals surface area contributed by atoms with Crippen molar-refractivity contribution in [2.75, 3.05) is 68.0 Å². The fraction of sp³-hybridized carbons (Fsp3) is 0.488. The Hall–Kier alpha value is -5.81. The van der Waals surface area contributed by atoms with Crippen LogP contribution in [-0.4, -0.2) is 110 Å². The van der Waals surface area contributed by atoms with Crippen LogP contribution in [0, 0.1) is 5.92 Å². The highest BCUT2D eigenvalue weighted by molar-refractivity contribution is 6.33. The number of halogens is 1. The molecule has 0 spiro atoms. The molecule has 18 heteroatoms. The first-order valence-electron chi connectivity index (χ1n) is 20.9. The molecule has 4 aromatic heterocycles. The lowest BCUT2D eigenvalue weighted by atomic mass is 9.78. The van der Waals surface area contributed by atoms with Crippen LogP contribution in [-0.2, 0) is 21.4 Å². The minimum absolute atomic E-state index is 0.00836. The van der Waals surface area contributed by atoms with E-state index in [9.17, 15) is 19.2 Å². The van der Waals surface area contributed by atoms with Crippen LogP contribution in [0.3, 0.4) is 0 Å². The number of piperidine rings is 2. The molecule has 0 bridgehead atoms. The van der Waals surface area contributed by atoms with Gasteiger partial charge in [0.1, 0.15) is 10.7 Å². The van der Waals surface area contributed by atoms with E-state index in [1.54, 1.807) is 23.0 Å². The Labute approximate surface area is 358 Å². The summed E-state index contributed by atoms with van der Waals surface area (Å²) in [7, 11) is 3.42. The summed E-state index contributed by atoms with van der Waals surface area (Å²) in [6, 6.07) is 9.63. The van der Waals surface area contributed by atoms with Gasteiger partial charge in [0.15, 0.2) is 18.2 Å². The molecule has 3 amide bonds. The first-order valence-corrected chi connectivity index (χ1v) is 21.3. The number of nitrogens with one attached hydrogen (secondary N) is 3. The van der Waals surface area contributed by atoms with Gasteiger partial charge in [0, 0.05) is 87.8 Å². The predicted molar refractivity (Wildman–Crippen MR) is 235 cm³/mol. The molecule has 3 fully saturated rings. The third-order valence-electron chi connectivity index (χ3n) is 12.7. The Morgan fingerprint density at radius 1 is 0.984 bits per heavy atom. The van der Waals surface area contributed by atoms with Gasteiger partial charge in [-0.3, -0.25) is 38.6 Å². The van der Waals surface area contributed by atoms with E-state index < -0.39 is 5.92 Å². The number of amides is 3. The number of anilines is 4. The molecule has 3 aliphatic heterocycles. The number of ether oxygens (including phenoxy) is 1. The second-order valence-corrected chi connectivity index (χ2v) is 17.4. The van der Waals surface area contributed by atoms with Crippen molar-refractivity contribution in [3.63, 3.8) is 0 Å². The van der Waals surface area contributed by atoms with Crippen LogP contribution >= 0.6 is 11.6 Å². The fourth-order valence-electron chi connectivity index (χ4n) is 9.07. The maximum atomic E-state index is 13.2. The number of aromatic nitrogens is 6. The number of piperazine rings is 1. The van der Waals surface area contributed by atoms with Crippen molar-refractivity contribution in [3.8, 4) is 5.75 Å². The lowest BCUT2D eigenvalue weighted by Gasteiger charge is -2.50. The Bertz CT molecular complexity index is 2560. The second-order valence-electron chi connectivity index (χ2n) is 17.0. The maximum Gasteiger partial charge on any atom is 0.294 e. The number of benzene rings is 1. The highest BCUT2D eigenvalue weighted by atomic mass is 35.5. The van der Waals surface area contributed by atoms with Crippen molar-refractivity contribution >= 4 is 74.4 Å². The van der Waals surface area contributed by atoms with Crippen molar-refractivity contribution in [1.82, 2.24) is 44.8 Å². The first-order chi connectivity index (χ1) is 29.2. The molecule has 3 N–H and O–H groups in total. The van der Waals surface area contributed by atoms with Crippen LogP contribution in [0.25, 0.3) is 21.9 Å². The minimum atomic E-state index is -0.422. The van der Waals surface area contributed by atoms with E-state index in [1.807, 2.05) is 31.6 Å². The average molecular weight is 853 g/mol. The monoisotopic (exact) mass is 852 g/mol. The normalized spacial score (nSPS) is 18.3. The minimum Gasteiger partial charge on any atom is -0.478 e. The molecule has 17 nitrogen and oxygen atoms in total. The molecule has 0 saturated carbocycles. The number of pyridine rings is 2. The zero-order chi connectivity index (χ0) is 43.2. The number of fused-ring (bicyclic) bond motifs is 2. The molecule has 5 aromatic rings. The third kappa shape index (κ3) is 8.32. The smallest absolute Gasteiger partial charge is 0.294 e. The van der Waals surface area contributed by atoms with Gasteiger partial charge >= 0.3 is 0 Å². The summed E-state index contributed by atoms with van der Waals surface area (Å²) in [6.07, 6.45) is 6.17. The summed E-state index contributed by atoms with van der Waals surface area (Å²) < 4.78 is 9.00. The molecule has 8 rings (SSSR count). The van der Waals surface area contributed by atoms with Crippen molar-refractivity contribution in [2.45, 2.75) is 70.9 Å². The van der Waals surface area contributed by atoms with E-state index in [0.717, 1.165) is 74.4 Å². The predicted octanol–water partition coefficient (Wildman–Crippen LogP) is 4.51. The van der Waals surface area contributed by atoms with Crippen molar-refractivity contribution in [3.05, 3.63) is 63.8 Å². The molecule has 1 unspecified atom stereocenters. The van der Waals surface area contributed by atoms with E-state index in [2.05, 4.69) is 72.7 Å². The van der Waals surface area contributed by atoms with Crippen molar-refractivity contribution in [1.29, 1.82) is 0 Å². The first kappa shape index (κ1) is 41.9.